The Morgan fingerprint density at radius 1 is 0.952 bits per heavy atom. The summed E-state index contributed by atoms with van der Waals surface area (Å²) in [5.74, 6) is 0.759. The van der Waals surface area contributed by atoms with Gasteiger partial charge in [-0.05, 0) is 50.4 Å². The number of amides is 2. The van der Waals surface area contributed by atoms with E-state index in [4.69, 9.17) is 5.11 Å². The summed E-state index contributed by atoms with van der Waals surface area (Å²) in [6.07, 6.45) is 8.94. The van der Waals surface area contributed by atoms with Crippen LogP contribution in [0.5, 0.6) is 0 Å². The number of carboxylic acids is 1. The molecule has 0 aliphatic heterocycles. The summed E-state index contributed by atoms with van der Waals surface area (Å²) in [6.45, 7) is 2.57. The minimum Gasteiger partial charge on any atom is -0.481 e. The molecule has 5 nitrogen and oxygen atoms in total. The highest BCUT2D eigenvalue weighted by Gasteiger charge is 2.31. The van der Waals surface area contributed by atoms with Crippen molar-refractivity contribution in [1.29, 1.82) is 0 Å². The van der Waals surface area contributed by atoms with Gasteiger partial charge in [0.25, 0.3) is 0 Å². The van der Waals surface area contributed by atoms with Crippen LogP contribution >= 0.6 is 0 Å². The van der Waals surface area contributed by atoms with E-state index in [0.717, 1.165) is 50.6 Å². The summed E-state index contributed by atoms with van der Waals surface area (Å²) in [7, 11) is 0. The lowest BCUT2D eigenvalue weighted by atomic mass is 10.1. The molecule has 2 N–H and O–H groups in total. The summed E-state index contributed by atoms with van der Waals surface area (Å²) >= 11 is 0. The second-order valence-corrected chi connectivity index (χ2v) is 6.58. The van der Waals surface area contributed by atoms with E-state index in [-0.39, 0.29) is 12.5 Å². The fraction of sp³-hybridized carbons (Fsp3) is 0.875. The smallest absolute Gasteiger partial charge is 0.317 e. The molecule has 120 valence electrons. The molecule has 0 radical (unpaired) electrons. The Balaban J connectivity index is 1.52. The lowest BCUT2D eigenvalue weighted by Gasteiger charge is -2.23. The number of unbranched alkanes of at least 4 members (excludes halogenated alkanes) is 3. The third-order valence-corrected chi connectivity index (χ3v) is 4.23. The van der Waals surface area contributed by atoms with Gasteiger partial charge in [-0.15, -0.1) is 0 Å². The van der Waals surface area contributed by atoms with Gasteiger partial charge >= 0.3 is 12.0 Å². The minimum atomic E-state index is -0.723. The average Bonchev–Trinajstić information content (AvgIpc) is 3.31. The van der Waals surface area contributed by atoms with E-state index in [1.165, 1.54) is 25.7 Å². The Morgan fingerprint density at radius 2 is 1.52 bits per heavy atom. The van der Waals surface area contributed by atoms with Crippen molar-refractivity contribution in [2.24, 2.45) is 11.8 Å². The SMILES string of the molecule is O=C(O)CCCCCCNC(=O)N(CC1CC1)CC1CC1. The van der Waals surface area contributed by atoms with Crippen LogP contribution in [-0.2, 0) is 4.79 Å². The highest BCUT2D eigenvalue weighted by atomic mass is 16.4. The van der Waals surface area contributed by atoms with Crippen molar-refractivity contribution >= 4 is 12.0 Å². The van der Waals surface area contributed by atoms with Gasteiger partial charge in [0.2, 0.25) is 0 Å². The third kappa shape index (κ3) is 7.34. The summed E-state index contributed by atoms with van der Waals surface area (Å²) in [6, 6.07) is 0.0966. The normalized spacial score (nSPS) is 17.5. The molecular weight excluding hydrogens is 268 g/mol. The molecule has 0 aromatic carbocycles. The number of carbonyl (C=O) groups is 2. The Hall–Kier alpha value is -1.26. The van der Waals surface area contributed by atoms with Crippen LogP contribution in [-0.4, -0.2) is 41.6 Å². The largest absolute Gasteiger partial charge is 0.481 e. The van der Waals surface area contributed by atoms with E-state index in [1.807, 2.05) is 4.90 Å². The van der Waals surface area contributed by atoms with Crippen molar-refractivity contribution in [2.75, 3.05) is 19.6 Å². The zero-order chi connectivity index (χ0) is 15.1. The Bertz CT molecular complexity index is 337. The van der Waals surface area contributed by atoms with Crippen molar-refractivity contribution in [3.8, 4) is 0 Å². The van der Waals surface area contributed by atoms with Crippen LogP contribution < -0.4 is 5.32 Å². The summed E-state index contributed by atoms with van der Waals surface area (Å²) < 4.78 is 0. The maximum atomic E-state index is 12.2. The van der Waals surface area contributed by atoms with Crippen LogP contribution in [0.15, 0.2) is 0 Å². The fourth-order valence-corrected chi connectivity index (χ4v) is 2.53. The van der Waals surface area contributed by atoms with Crippen molar-refractivity contribution in [3.63, 3.8) is 0 Å². The van der Waals surface area contributed by atoms with Gasteiger partial charge in [0.05, 0.1) is 0 Å². The predicted molar refractivity (Wildman–Crippen MR) is 81.1 cm³/mol. The predicted octanol–water partition coefficient (Wildman–Crippen LogP) is 2.85. The first kappa shape index (κ1) is 16.1. The van der Waals surface area contributed by atoms with Crippen molar-refractivity contribution in [1.82, 2.24) is 10.2 Å². The molecule has 2 saturated carbocycles. The lowest BCUT2D eigenvalue weighted by Crippen LogP contribution is -2.42. The van der Waals surface area contributed by atoms with E-state index in [2.05, 4.69) is 5.32 Å². The number of hydrogen-bond donors (Lipinski definition) is 2. The number of aliphatic carboxylic acids is 1. The molecule has 2 aliphatic rings. The van der Waals surface area contributed by atoms with Gasteiger partial charge in [-0.1, -0.05) is 12.8 Å². The molecule has 0 aromatic rings. The molecular formula is C16H28N2O3. The van der Waals surface area contributed by atoms with Gasteiger partial charge in [-0.25, -0.2) is 4.79 Å². The van der Waals surface area contributed by atoms with E-state index < -0.39 is 5.97 Å². The molecule has 5 heteroatoms. The first-order chi connectivity index (χ1) is 10.1. The highest BCUT2D eigenvalue weighted by Crippen LogP contribution is 2.33. The summed E-state index contributed by atoms with van der Waals surface area (Å²) in [4.78, 5) is 24.6. The van der Waals surface area contributed by atoms with Gasteiger partial charge in [0, 0.05) is 26.1 Å². The number of nitrogens with zero attached hydrogens (tertiary/aromatic N) is 1. The molecule has 0 unspecified atom stereocenters. The molecule has 0 aromatic heterocycles. The lowest BCUT2D eigenvalue weighted by molar-refractivity contribution is -0.137. The molecule has 2 aliphatic carbocycles. The standard InChI is InChI=1S/C16H28N2O3/c19-15(20)5-3-1-2-4-10-17-16(21)18(11-13-6-7-13)12-14-8-9-14/h13-14H,1-12H2,(H,17,21)(H,19,20). The molecule has 0 spiro atoms. The molecule has 0 atom stereocenters. The monoisotopic (exact) mass is 296 g/mol. The highest BCUT2D eigenvalue weighted by molar-refractivity contribution is 5.74. The van der Waals surface area contributed by atoms with Crippen LogP contribution in [0.4, 0.5) is 4.79 Å². The van der Waals surface area contributed by atoms with Gasteiger partial charge in [0.15, 0.2) is 0 Å². The first-order valence-electron chi connectivity index (χ1n) is 8.39. The van der Waals surface area contributed by atoms with Crippen molar-refractivity contribution in [3.05, 3.63) is 0 Å². The maximum absolute atomic E-state index is 12.2. The Labute approximate surface area is 127 Å². The molecule has 2 rings (SSSR count). The Morgan fingerprint density at radius 3 is 2.05 bits per heavy atom. The van der Waals surface area contributed by atoms with Crippen LogP contribution in [0.3, 0.4) is 0 Å². The van der Waals surface area contributed by atoms with Crippen molar-refractivity contribution in [2.45, 2.75) is 57.8 Å². The molecule has 0 heterocycles. The van der Waals surface area contributed by atoms with Crippen LogP contribution in [0.2, 0.25) is 0 Å². The molecule has 21 heavy (non-hydrogen) atoms. The summed E-state index contributed by atoms with van der Waals surface area (Å²) in [5, 5.41) is 11.6. The zero-order valence-electron chi connectivity index (χ0n) is 12.9. The second-order valence-electron chi connectivity index (χ2n) is 6.58. The second kappa shape index (κ2) is 8.25. The van der Waals surface area contributed by atoms with Crippen LogP contribution in [0.1, 0.15) is 57.8 Å². The zero-order valence-corrected chi connectivity index (χ0v) is 12.9. The molecule has 0 bridgehead atoms. The number of urea groups is 1. The number of carbonyl (C=O) groups excluding carboxylic acids is 1. The van der Waals surface area contributed by atoms with Crippen LogP contribution in [0.25, 0.3) is 0 Å². The van der Waals surface area contributed by atoms with E-state index >= 15 is 0 Å². The minimum absolute atomic E-state index is 0.0966. The number of hydrogen-bond acceptors (Lipinski definition) is 2. The van der Waals surface area contributed by atoms with E-state index in [9.17, 15) is 9.59 Å². The quantitative estimate of drug-likeness (QED) is 0.576. The average molecular weight is 296 g/mol. The molecule has 2 fully saturated rings. The van der Waals surface area contributed by atoms with Gasteiger partial charge in [-0.2, -0.15) is 0 Å². The van der Waals surface area contributed by atoms with Gasteiger partial charge < -0.3 is 15.3 Å². The molecule has 0 saturated heterocycles. The van der Waals surface area contributed by atoms with Gasteiger partial charge in [0.1, 0.15) is 0 Å². The maximum Gasteiger partial charge on any atom is 0.317 e. The number of rotatable bonds is 11. The first-order valence-corrected chi connectivity index (χ1v) is 8.39. The number of carboxylic acid groups (broad SMARTS) is 1. The Kier molecular flexibility index (Phi) is 6.33. The van der Waals surface area contributed by atoms with Crippen LogP contribution in [0, 0.1) is 11.8 Å². The van der Waals surface area contributed by atoms with Gasteiger partial charge in [-0.3, -0.25) is 4.79 Å². The van der Waals surface area contributed by atoms with E-state index in [0.29, 0.717) is 6.54 Å². The topological polar surface area (TPSA) is 69.6 Å². The number of nitrogens with one attached hydrogen (secondary N) is 1. The van der Waals surface area contributed by atoms with E-state index in [1.54, 1.807) is 0 Å². The third-order valence-electron chi connectivity index (χ3n) is 4.23. The molecule has 2 amide bonds. The summed E-state index contributed by atoms with van der Waals surface area (Å²) in [5.41, 5.74) is 0. The fourth-order valence-electron chi connectivity index (χ4n) is 2.53. The van der Waals surface area contributed by atoms with Crippen molar-refractivity contribution < 1.29 is 14.7 Å².